The van der Waals surface area contributed by atoms with Gasteiger partial charge in [-0.3, -0.25) is 0 Å². The van der Waals surface area contributed by atoms with Crippen molar-refractivity contribution in [3.8, 4) is 0 Å². The van der Waals surface area contributed by atoms with Crippen LogP contribution in [-0.4, -0.2) is 15.1 Å². The number of aromatic nitrogens is 2. The van der Waals surface area contributed by atoms with Crippen molar-refractivity contribution in [2.75, 3.05) is 0 Å². The lowest BCUT2D eigenvalue weighted by molar-refractivity contribution is 0.411. The van der Waals surface area contributed by atoms with Gasteiger partial charge in [0, 0.05) is 24.3 Å². The fourth-order valence-electron chi connectivity index (χ4n) is 2.91. The van der Waals surface area contributed by atoms with Gasteiger partial charge in [0.15, 0.2) is 0 Å². The lowest BCUT2D eigenvalue weighted by Crippen LogP contribution is -2.35. The van der Waals surface area contributed by atoms with Gasteiger partial charge in [-0.2, -0.15) is 0 Å². The highest BCUT2D eigenvalue weighted by atomic mass is 15.2. The summed E-state index contributed by atoms with van der Waals surface area (Å²) in [5.41, 5.74) is 2.13. The van der Waals surface area contributed by atoms with E-state index in [-0.39, 0.29) is 5.54 Å². The zero-order valence-electron chi connectivity index (χ0n) is 12.8. The average molecular weight is 249 g/mol. The molecule has 0 saturated heterocycles. The van der Waals surface area contributed by atoms with Crippen molar-refractivity contribution in [2.45, 2.75) is 66.6 Å². The highest BCUT2D eigenvalue weighted by Gasteiger charge is 2.66. The second-order valence-corrected chi connectivity index (χ2v) is 7.74. The summed E-state index contributed by atoms with van der Waals surface area (Å²) < 4.78 is 2.36. The number of hydrogen-bond donors (Lipinski definition) is 1. The summed E-state index contributed by atoms with van der Waals surface area (Å²) in [5.74, 6) is 0. The van der Waals surface area contributed by atoms with Crippen molar-refractivity contribution in [2.24, 2.45) is 10.8 Å². The summed E-state index contributed by atoms with van der Waals surface area (Å²) in [6.07, 6.45) is 3.98. The Morgan fingerprint density at radius 2 is 1.78 bits per heavy atom. The summed E-state index contributed by atoms with van der Waals surface area (Å²) in [5, 5.41) is 3.54. The molecule has 0 unspecified atom stereocenters. The van der Waals surface area contributed by atoms with Gasteiger partial charge in [0.05, 0.1) is 12.0 Å². The Kier molecular flexibility index (Phi) is 2.89. The molecule has 1 fully saturated rings. The number of hydrogen-bond acceptors (Lipinski definition) is 2. The molecule has 0 atom stereocenters. The van der Waals surface area contributed by atoms with E-state index in [9.17, 15) is 0 Å². The van der Waals surface area contributed by atoms with Crippen LogP contribution < -0.4 is 5.32 Å². The van der Waals surface area contributed by atoms with Crippen molar-refractivity contribution in [1.29, 1.82) is 0 Å². The van der Waals surface area contributed by atoms with E-state index in [1.807, 2.05) is 12.5 Å². The smallest absolute Gasteiger partial charge is 0.0951 e. The van der Waals surface area contributed by atoms with Gasteiger partial charge in [-0.15, -0.1) is 0 Å². The quantitative estimate of drug-likeness (QED) is 0.890. The molecule has 102 valence electrons. The zero-order chi connectivity index (χ0) is 13.8. The van der Waals surface area contributed by atoms with Crippen LogP contribution in [0.25, 0.3) is 0 Å². The molecule has 0 bridgehead atoms. The van der Waals surface area contributed by atoms with Crippen molar-refractivity contribution in [3.63, 3.8) is 0 Å². The van der Waals surface area contributed by atoms with Crippen LogP contribution >= 0.6 is 0 Å². The molecular weight excluding hydrogens is 222 g/mol. The average Bonchev–Trinajstić information content (AvgIpc) is 2.55. The summed E-state index contributed by atoms with van der Waals surface area (Å²) in [6.45, 7) is 16.8. The number of imidazole rings is 1. The van der Waals surface area contributed by atoms with Gasteiger partial charge < -0.3 is 9.88 Å². The van der Waals surface area contributed by atoms with Crippen molar-refractivity contribution >= 4 is 0 Å². The molecular formula is C15H27N3. The Balaban J connectivity index is 2.16. The molecule has 0 aromatic carbocycles. The molecule has 1 aliphatic rings. The van der Waals surface area contributed by atoms with Gasteiger partial charge in [0.25, 0.3) is 0 Å². The lowest BCUT2D eigenvalue weighted by Gasteiger charge is -2.21. The largest absolute Gasteiger partial charge is 0.329 e. The fraction of sp³-hybridized carbons (Fsp3) is 0.800. The molecule has 1 saturated carbocycles. The van der Waals surface area contributed by atoms with Gasteiger partial charge in [0.2, 0.25) is 0 Å². The summed E-state index contributed by atoms with van der Waals surface area (Å²) in [7, 11) is 0. The first kappa shape index (κ1) is 13.6. The van der Waals surface area contributed by atoms with Crippen LogP contribution in [0.2, 0.25) is 0 Å². The molecule has 1 N–H and O–H groups in total. The van der Waals surface area contributed by atoms with Gasteiger partial charge in [-0.25, -0.2) is 4.98 Å². The third kappa shape index (κ3) is 2.09. The second kappa shape index (κ2) is 3.83. The zero-order valence-corrected chi connectivity index (χ0v) is 12.8. The fourth-order valence-corrected chi connectivity index (χ4v) is 2.91. The summed E-state index contributed by atoms with van der Waals surface area (Å²) >= 11 is 0. The van der Waals surface area contributed by atoms with Crippen LogP contribution in [0.4, 0.5) is 0 Å². The molecule has 0 amide bonds. The topological polar surface area (TPSA) is 29.9 Å². The molecule has 3 nitrogen and oxygen atoms in total. The van der Waals surface area contributed by atoms with Crippen LogP contribution in [0.5, 0.6) is 0 Å². The first-order chi connectivity index (χ1) is 8.07. The first-order valence-corrected chi connectivity index (χ1v) is 6.83. The molecule has 3 heteroatoms. The van der Waals surface area contributed by atoms with Gasteiger partial charge in [-0.05, 0) is 31.6 Å². The third-order valence-electron chi connectivity index (χ3n) is 4.77. The summed E-state index contributed by atoms with van der Waals surface area (Å²) in [4.78, 5) is 4.34. The minimum Gasteiger partial charge on any atom is -0.329 e. The minimum atomic E-state index is 0.143. The van der Waals surface area contributed by atoms with Crippen molar-refractivity contribution in [1.82, 2.24) is 14.9 Å². The lowest BCUT2D eigenvalue weighted by atomic mass is 10.0. The van der Waals surface area contributed by atoms with Crippen molar-refractivity contribution < 1.29 is 0 Å². The van der Waals surface area contributed by atoms with E-state index in [4.69, 9.17) is 0 Å². The normalized spacial score (nSPS) is 22.2. The Morgan fingerprint density at radius 3 is 2.22 bits per heavy atom. The van der Waals surface area contributed by atoms with Crippen LogP contribution in [0.1, 0.15) is 60.2 Å². The molecule has 2 rings (SSSR count). The molecule has 1 aliphatic carbocycles. The highest BCUT2D eigenvalue weighted by molar-refractivity contribution is 5.19. The van der Waals surface area contributed by atoms with Crippen molar-refractivity contribution in [3.05, 3.63) is 18.2 Å². The Hall–Kier alpha value is -0.830. The van der Waals surface area contributed by atoms with E-state index in [1.54, 1.807) is 0 Å². The number of nitrogens with zero attached hydrogens (tertiary/aromatic N) is 2. The monoisotopic (exact) mass is 249 g/mol. The SMILES string of the molecule is CC(C)(C)NCc1cncn1C1C(C)(C)C1(C)C. The second-order valence-electron chi connectivity index (χ2n) is 7.74. The highest BCUT2D eigenvalue weighted by Crippen LogP contribution is 2.71. The molecule has 18 heavy (non-hydrogen) atoms. The van der Waals surface area contributed by atoms with E-state index in [0.717, 1.165) is 6.54 Å². The van der Waals surface area contributed by atoms with E-state index in [2.05, 4.69) is 63.3 Å². The maximum Gasteiger partial charge on any atom is 0.0951 e. The first-order valence-electron chi connectivity index (χ1n) is 6.83. The third-order valence-corrected chi connectivity index (χ3v) is 4.77. The molecule has 1 heterocycles. The molecule has 0 aliphatic heterocycles. The summed E-state index contributed by atoms with van der Waals surface area (Å²) in [6, 6.07) is 0.560. The number of rotatable bonds is 3. The van der Waals surface area contributed by atoms with Crippen LogP contribution in [0, 0.1) is 10.8 Å². The molecule has 1 aromatic heterocycles. The Bertz CT molecular complexity index is 421. The molecule has 0 radical (unpaired) electrons. The van der Waals surface area contributed by atoms with E-state index >= 15 is 0 Å². The minimum absolute atomic E-state index is 0.143. The number of nitrogens with one attached hydrogen (secondary N) is 1. The van der Waals surface area contributed by atoms with E-state index in [1.165, 1.54) is 5.69 Å². The maximum atomic E-state index is 4.34. The van der Waals surface area contributed by atoms with Crippen LogP contribution in [0.15, 0.2) is 12.5 Å². The molecule has 1 aromatic rings. The predicted molar refractivity (Wildman–Crippen MR) is 75.4 cm³/mol. The van der Waals surface area contributed by atoms with Gasteiger partial charge >= 0.3 is 0 Å². The Morgan fingerprint density at radius 1 is 1.22 bits per heavy atom. The van der Waals surface area contributed by atoms with Gasteiger partial charge in [0.1, 0.15) is 0 Å². The Labute approximate surface area is 111 Å². The standard InChI is InChI=1S/C15H27N3/c1-13(2,3)17-9-11-8-16-10-18(11)12-14(4,5)15(12,6)7/h8,10,12,17H,9H2,1-7H3. The predicted octanol–water partition coefficient (Wildman–Crippen LogP) is 3.38. The van der Waals surface area contributed by atoms with Gasteiger partial charge in [-0.1, -0.05) is 27.7 Å². The molecule has 0 spiro atoms. The maximum absolute atomic E-state index is 4.34. The van der Waals surface area contributed by atoms with E-state index in [0.29, 0.717) is 16.9 Å². The van der Waals surface area contributed by atoms with Crippen LogP contribution in [-0.2, 0) is 6.54 Å². The van der Waals surface area contributed by atoms with E-state index < -0.39 is 0 Å². The van der Waals surface area contributed by atoms with Crippen LogP contribution in [0.3, 0.4) is 0 Å².